The zero-order valence-corrected chi connectivity index (χ0v) is 11.1. The summed E-state index contributed by atoms with van der Waals surface area (Å²) in [4.78, 5) is 0. The second-order valence-corrected chi connectivity index (χ2v) is 3.22. The molecular weight excluding hydrogens is 301 g/mol. The van der Waals surface area contributed by atoms with Gasteiger partial charge in [0.1, 0.15) is 12.3 Å². The molecule has 0 fully saturated rings. The Morgan fingerprint density at radius 2 is 2.07 bits per heavy atom. The molecule has 3 heteroatoms. The second kappa shape index (κ2) is 5.30. The summed E-state index contributed by atoms with van der Waals surface area (Å²) in [7, 11) is 1.69. The first-order valence-electron chi connectivity index (χ1n) is 4.81. The molecule has 2 nitrogen and oxygen atoms in total. The van der Waals surface area contributed by atoms with Crippen LogP contribution in [0.25, 0.3) is 10.9 Å². The Morgan fingerprint density at radius 3 is 2.73 bits per heavy atom. The summed E-state index contributed by atoms with van der Waals surface area (Å²) in [5.74, 6) is 0.909. The summed E-state index contributed by atoms with van der Waals surface area (Å²) in [5.41, 5.74) is 1.25. The monoisotopic (exact) mass is 315 g/mol. The van der Waals surface area contributed by atoms with Crippen molar-refractivity contribution in [3.63, 3.8) is 0 Å². The third kappa shape index (κ3) is 2.40. The minimum atomic E-state index is 0. The summed E-state index contributed by atoms with van der Waals surface area (Å²) >= 11 is 0. The number of ether oxygens (including phenoxy) is 1. The van der Waals surface area contributed by atoms with E-state index in [0.29, 0.717) is 0 Å². The minimum absolute atomic E-state index is 0. The average Bonchev–Trinajstić information content (AvgIpc) is 2.27. The Hall–Kier alpha value is -0.840. The Kier molecular flexibility index (Phi) is 4.32. The molecule has 0 radical (unpaired) electrons. The summed E-state index contributed by atoms with van der Waals surface area (Å²) < 4.78 is 7.40. The molecule has 0 aliphatic heterocycles. The van der Waals surface area contributed by atoms with Crippen LogP contribution in [0.5, 0.6) is 5.75 Å². The van der Waals surface area contributed by atoms with Gasteiger partial charge in [-0.05, 0) is 25.1 Å². The first kappa shape index (κ1) is 12.2. The van der Waals surface area contributed by atoms with Crippen molar-refractivity contribution in [2.45, 2.75) is 13.5 Å². The van der Waals surface area contributed by atoms with Gasteiger partial charge in [-0.1, -0.05) is 0 Å². The first-order valence-corrected chi connectivity index (χ1v) is 4.81. The standard InChI is InChI=1S/C12H14NO.HI/c1-3-13-8-4-5-10-9-11(14-2)6-7-12(10)13;/h4-9H,3H2,1-2H3;1H/q+1;/p-1. The van der Waals surface area contributed by atoms with E-state index < -0.39 is 0 Å². The highest BCUT2D eigenvalue weighted by Gasteiger charge is 2.05. The van der Waals surface area contributed by atoms with Crippen LogP contribution in [-0.2, 0) is 6.54 Å². The first-order chi connectivity index (χ1) is 6.85. The molecule has 0 atom stereocenters. The maximum absolute atomic E-state index is 5.19. The molecule has 2 aromatic rings. The smallest absolute Gasteiger partial charge is 0.212 e. The molecule has 0 saturated carbocycles. The number of benzene rings is 1. The molecule has 0 saturated heterocycles. The number of hydrogen-bond donors (Lipinski definition) is 0. The van der Waals surface area contributed by atoms with E-state index in [0.717, 1.165) is 12.3 Å². The molecule has 0 N–H and O–H groups in total. The van der Waals surface area contributed by atoms with Crippen LogP contribution in [0.3, 0.4) is 0 Å². The van der Waals surface area contributed by atoms with Crippen LogP contribution in [0.4, 0.5) is 0 Å². The quantitative estimate of drug-likeness (QED) is 0.520. The van der Waals surface area contributed by atoms with Crippen molar-refractivity contribution < 1.29 is 33.3 Å². The molecule has 0 aliphatic rings. The summed E-state index contributed by atoms with van der Waals surface area (Å²) in [6.07, 6.45) is 2.09. The average molecular weight is 315 g/mol. The van der Waals surface area contributed by atoms with Crippen LogP contribution in [0.15, 0.2) is 36.5 Å². The van der Waals surface area contributed by atoms with Crippen molar-refractivity contribution >= 4 is 10.9 Å². The fraction of sp³-hybridized carbons (Fsp3) is 0.250. The van der Waals surface area contributed by atoms with Crippen LogP contribution in [-0.4, -0.2) is 7.11 Å². The molecule has 80 valence electrons. The molecule has 15 heavy (non-hydrogen) atoms. The fourth-order valence-corrected chi connectivity index (χ4v) is 1.66. The Bertz CT molecular complexity index is 456. The van der Waals surface area contributed by atoms with E-state index in [4.69, 9.17) is 4.74 Å². The number of aryl methyl sites for hydroxylation is 1. The summed E-state index contributed by atoms with van der Waals surface area (Å²) in [6, 6.07) is 10.3. The number of methoxy groups -OCH3 is 1. The van der Waals surface area contributed by atoms with E-state index >= 15 is 0 Å². The highest BCUT2D eigenvalue weighted by Crippen LogP contribution is 2.17. The van der Waals surface area contributed by atoms with Crippen LogP contribution >= 0.6 is 0 Å². The summed E-state index contributed by atoms with van der Waals surface area (Å²) in [6.45, 7) is 3.13. The molecule has 1 aromatic carbocycles. The molecule has 1 aromatic heterocycles. The number of pyridine rings is 1. The Morgan fingerprint density at radius 1 is 1.27 bits per heavy atom. The van der Waals surface area contributed by atoms with Gasteiger partial charge in [0.2, 0.25) is 5.52 Å². The number of rotatable bonds is 2. The van der Waals surface area contributed by atoms with Crippen molar-refractivity contribution in [3.8, 4) is 5.75 Å². The number of hydrogen-bond acceptors (Lipinski definition) is 1. The summed E-state index contributed by atoms with van der Waals surface area (Å²) in [5, 5.41) is 1.22. The zero-order chi connectivity index (χ0) is 9.97. The molecule has 0 bridgehead atoms. The van der Waals surface area contributed by atoms with Crippen molar-refractivity contribution in [2.24, 2.45) is 0 Å². The number of halogens is 1. The maximum atomic E-state index is 5.19. The largest absolute Gasteiger partial charge is 1.00 e. The predicted octanol–water partition coefficient (Wildman–Crippen LogP) is -0.840. The molecule has 0 unspecified atom stereocenters. The molecule has 1 heterocycles. The van der Waals surface area contributed by atoms with Gasteiger partial charge in [-0.25, -0.2) is 0 Å². The normalized spacial score (nSPS) is 9.73. The number of nitrogens with zero attached hydrogens (tertiary/aromatic N) is 1. The molecule has 0 aliphatic carbocycles. The van der Waals surface area contributed by atoms with Gasteiger partial charge in [0.25, 0.3) is 0 Å². The molecule has 2 rings (SSSR count). The second-order valence-electron chi connectivity index (χ2n) is 3.22. The molecule has 0 spiro atoms. The lowest BCUT2D eigenvalue weighted by atomic mass is 10.2. The van der Waals surface area contributed by atoms with Gasteiger partial charge in [0, 0.05) is 12.1 Å². The van der Waals surface area contributed by atoms with Gasteiger partial charge in [-0.2, -0.15) is 4.57 Å². The van der Waals surface area contributed by atoms with Gasteiger partial charge < -0.3 is 28.7 Å². The van der Waals surface area contributed by atoms with Gasteiger partial charge in [-0.3, -0.25) is 0 Å². The van der Waals surface area contributed by atoms with E-state index in [-0.39, 0.29) is 24.0 Å². The van der Waals surface area contributed by atoms with Gasteiger partial charge in [-0.15, -0.1) is 0 Å². The highest BCUT2D eigenvalue weighted by atomic mass is 127. The molecular formula is C12H14INO. The lowest BCUT2D eigenvalue weighted by Crippen LogP contribution is -3.00. The van der Waals surface area contributed by atoms with Gasteiger partial charge in [0.05, 0.1) is 12.5 Å². The number of aromatic nitrogens is 1. The van der Waals surface area contributed by atoms with Crippen molar-refractivity contribution in [3.05, 3.63) is 36.5 Å². The maximum Gasteiger partial charge on any atom is 0.212 e. The van der Waals surface area contributed by atoms with Crippen molar-refractivity contribution in [1.29, 1.82) is 0 Å². The lowest BCUT2D eigenvalue weighted by molar-refractivity contribution is -0.667. The Labute approximate surface area is 107 Å². The topological polar surface area (TPSA) is 13.1 Å². The van der Waals surface area contributed by atoms with Gasteiger partial charge >= 0.3 is 0 Å². The highest BCUT2D eigenvalue weighted by molar-refractivity contribution is 5.77. The minimum Gasteiger partial charge on any atom is -1.00 e. The van der Waals surface area contributed by atoms with Crippen LogP contribution < -0.4 is 33.3 Å². The molecule has 0 amide bonds. The predicted molar refractivity (Wildman–Crippen MR) is 56.4 cm³/mol. The van der Waals surface area contributed by atoms with Gasteiger partial charge in [0.15, 0.2) is 6.20 Å². The number of fused-ring (bicyclic) bond motifs is 1. The van der Waals surface area contributed by atoms with Crippen LogP contribution in [0.2, 0.25) is 0 Å². The van der Waals surface area contributed by atoms with E-state index in [1.54, 1.807) is 7.11 Å². The van der Waals surface area contributed by atoms with E-state index in [2.05, 4.69) is 42.0 Å². The van der Waals surface area contributed by atoms with Crippen molar-refractivity contribution in [1.82, 2.24) is 0 Å². The third-order valence-electron chi connectivity index (χ3n) is 2.43. The van der Waals surface area contributed by atoms with E-state index in [9.17, 15) is 0 Å². The van der Waals surface area contributed by atoms with Crippen LogP contribution in [0, 0.1) is 0 Å². The Balaban J connectivity index is 0.00000112. The van der Waals surface area contributed by atoms with Crippen LogP contribution in [0.1, 0.15) is 6.92 Å². The van der Waals surface area contributed by atoms with Crippen molar-refractivity contribution in [2.75, 3.05) is 7.11 Å². The van der Waals surface area contributed by atoms with E-state index in [1.807, 2.05) is 6.07 Å². The van der Waals surface area contributed by atoms with E-state index in [1.165, 1.54) is 10.9 Å². The fourth-order valence-electron chi connectivity index (χ4n) is 1.66. The SMILES string of the molecule is CC[n+]1cccc2cc(OC)ccc21.[I-]. The zero-order valence-electron chi connectivity index (χ0n) is 8.90. The lowest BCUT2D eigenvalue weighted by Gasteiger charge is -2.01. The third-order valence-corrected chi connectivity index (χ3v) is 2.43.